The highest BCUT2D eigenvalue weighted by Gasteiger charge is 2.25. The van der Waals surface area contributed by atoms with Crippen LogP contribution in [0.3, 0.4) is 0 Å². The van der Waals surface area contributed by atoms with Gasteiger partial charge in [0.25, 0.3) is 0 Å². The molecule has 4 heteroatoms. The third kappa shape index (κ3) is 1.58. The van der Waals surface area contributed by atoms with Crippen molar-refractivity contribution in [1.29, 1.82) is 0 Å². The number of nitrogens with two attached hydrogens (primary N) is 1. The summed E-state index contributed by atoms with van der Waals surface area (Å²) in [4.78, 5) is 4.30. The molecule has 0 spiro atoms. The van der Waals surface area contributed by atoms with Gasteiger partial charge in [-0.25, -0.2) is 0 Å². The maximum absolute atomic E-state index is 5.77. The molecule has 1 aliphatic carbocycles. The molecule has 72 valence electrons. The standard InChI is InChI=1S/C9H15N3O/c1-2-7(10)9-11-8(12-13-9)6-4-3-5-6/h6-7H,2-5,10H2,1H3. The molecule has 0 radical (unpaired) electrons. The van der Waals surface area contributed by atoms with Crippen LogP contribution >= 0.6 is 0 Å². The summed E-state index contributed by atoms with van der Waals surface area (Å²) < 4.78 is 5.09. The topological polar surface area (TPSA) is 64.9 Å². The number of rotatable bonds is 3. The summed E-state index contributed by atoms with van der Waals surface area (Å²) in [7, 11) is 0. The van der Waals surface area contributed by atoms with Crippen LogP contribution in [0.5, 0.6) is 0 Å². The van der Waals surface area contributed by atoms with Crippen LogP contribution in [-0.4, -0.2) is 10.1 Å². The molecular weight excluding hydrogens is 166 g/mol. The lowest BCUT2D eigenvalue weighted by molar-refractivity contribution is 0.333. The SMILES string of the molecule is CCC(N)c1nc(C2CCC2)no1. The average molecular weight is 181 g/mol. The van der Waals surface area contributed by atoms with Crippen LogP contribution in [0.25, 0.3) is 0 Å². The van der Waals surface area contributed by atoms with E-state index in [2.05, 4.69) is 10.1 Å². The summed E-state index contributed by atoms with van der Waals surface area (Å²) in [6.45, 7) is 2.01. The molecule has 1 aliphatic rings. The fourth-order valence-corrected chi connectivity index (χ4v) is 1.40. The van der Waals surface area contributed by atoms with Crippen LogP contribution in [0.2, 0.25) is 0 Å². The minimum atomic E-state index is -0.0960. The van der Waals surface area contributed by atoms with Crippen molar-refractivity contribution in [2.75, 3.05) is 0 Å². The molecule has 1 saturated carbocycles. The Bertz CT molecular complexity index is 261. The monoisotopic (exact) mass is 181 g/mol. The molecule has 4 nitrogen and oxygen atoms in total. The van der Waals surface area contributed by atoms with E-state index in [1.165, 1.54) is 19.3 Å². The van der Waals surface area contributed by atoms with Crippen LogP contribution < -0.4 is 5.73 Å². The van der Waals surface area contributed by atoms with E-state index in [4.69, 9.17) is 10.3 Å². The van der Waals surface area contributed by atoms with E-state index < -0.39 is 0 Å². The molecule has 0 bridgehead atoms. The second kappa shape index (κ2) is 3.46. The lowest BCUT2D eigenvalue weighted by Crippen LogP contribution is -2.12. The Balaban J connectivity index is 2.08. The third-order valence-corrected chi connectivity index (χ3v) is 2.68. The normalized spacial score (nSPS) is 19.8. The highest BCUT2D eigenvalue weighted by molar-refractivity contribution is 5.01. The van der Waals surface area contributed by atoms with E-state index in [9.17, 15) is 0 Å². The van der Waals surface area contributed by atoms with Gasteiger partial charge in [-0.15, -0.1) is 0 Å². The molecule has 1 heterocycles. The lowest BCUT2D eigenvalue weighted by Gasteiger charge is -2.20. The van der Waals surface area contributed by atoms with E-state index in [0.717, 1.165) is 12.2 Å². The van der Waals surface area contributed by atoms with Gasteiger partial charge in [0, 0.05) is 5.92 Å². The van der Waals surface area contributed by atoms with Crippen LogP contribution in [0.15, 0.2) is 4.52 Å². The molecule has 0 saturated heterocycles. The van der Waals surface area contributed by atoms with Gasteiger partial charge in [-0.05, 0) is 19.3 Å². The van der Waals surface area contributed by atoms with Crippen molar-refractivity contribution >= 4 is 0 Å². The predicted octanol–water partition coefficient (Wildman–Crippen LogP) is 1.75. The Morgan fingerprint density at radius 3 is 2.92 bits per heavy atom. The largest absolute Gasteiger partial charge is 0.338 e. The molecule has 0 amide bonds. The Hall–Kier alpha value is -0.900. The summed E-state index contributed by atoms with van der Waals surface area (Å²) >= 11 is 0. The number of nitrogens with zero attached hydrogens (tertiary/aromatic N) is 2. The van der Waals surface area contributed by atoms with Gasteiger partial charge in [-0.3, -0.25) is 0 Å². The first-order chi connectivity index (χ1) is 6.31. The zero-order valence-corrected chi connectivity index (χ0v) is 7.86. The molecule has 0 aromatic carbocycles. The van der Waals surface area contributed by atoms with E-state index in [0.29, 0.717) is 11.8 Å². The molecule has 2 rings (SSSR count). The van der Waals surface area contributed by atoms with Gasteiger partial charge in [-0.1, -0.05) is 18.5 Å². The Morgan fingerprint density at radius 1 is 1.62 bits per heavy atom. The Morgan fingerprint density at radius 2 is 2.38 bits per heavy atom. The smallest absolute Gasteiger partial charge is 0.243 e. The van der Waals surface area contributed by atoms with Gasteiger partial charge in [0.1, 0.15) is 0 Å². The van der Waals surface area contributed by atoms with Crippen molar-refractivity contribution in [3.8, 4) is 0 Å². The van der Waals surface area contributed by atoms with Gasteiger partial charge in [0.15, 0.2) is 5.82 Å². The second-order valence-corrected chi connectivity index (χ2v) is 3.63. The minimum absolute atomic E-state index is 0.0960. The molecule has 1 aromatic rings. The van der Waals surface area contributed by atoms with Gasteiger partial charge in [0.2, 0.25) is 5.89 Å². The van der Waals surface area contributed by atoms with Crippen molar-refractivity contribution in [3.05, 3.63) is 11.7 Å². The van der Waals surface area contributed by atoms with Crippen LogP contribution in [0.1, 0.15) is 56.3 Å². The zero-order valence-electron chi connectivity index (χ0n) is 7.86. The van der Waals surface area contributed by atoms with Crippen molar-refractivity contribution in [3.63, 3.8) is 0 Å². The maximum atomic E-state index is 5.77. The number of hydrogen-bond donors (Lipinski definition) is 1. The highest BCUT2D eigenvalue weighted by atomic mass is 16.5. The summed E-state index contributed by atoms with van der Waals surface area (Å²) in [5.41, 5.74) is 5.77. The summed E-state index contributed by atoms with van der Waals surface area (Å²) in [6, 6.07) is -0.0960. The third-order valence-electron chi connectivity index (χ3n) is 2.68. The molecule has 1 fully saturated rings. The second-order valence-electron chi connectivity index (χ2n) is 3.63. The van der Waals surface area contributed by atoms with E-state index >= 15 is 0 Å². The van der Waals surface area contributed by atoms with Crippen molar-refractivity contribution in [2.24, 2.45) is 5.73 Å². The Kier molecular flexibility index (Phi) is 2.31. The number of hydrogen-bond acceptors (Lipinski definition) is 4. The van der Waals surface area contributed by atoms with Crippen molar-refractivity contribution in [1.82, 2.24) is 10.1 Å². The van der Waals surface area contributed by atoms with E-state index in [-0.39, 0.29) is 6.04 Å². The average Bonchev–Trinajstić information content (AvgIpc) is 2.49. The van der Waals surface area contributed by atoms with Gasteiger partial charge < -0.3 is 10.3 Å². The molecule has 1 aromatic heterocycles. The minimum Gasteiger partial charge on any atom is -0.338 e. The first kappa shape index (κ1) is 8.69. The summed E-state index contributed by atoms with van der Waals surface area (Å²) in [5, 5.41) is 3.94. The fourth-order valence-electron chi connectivity index (χ4n) is 1.40. The molecule has 0 aliphatic heterocycles. The van der Waals surface area contributed by atoms with E-state index in [1.807, 2.05) is 6.92 Å². The molecule has 13 heavy (non-hydrogen) atoms. The van der Waals surface area contributed by atoms with Crippen LogP contribution in [-0.2, 0) is 0 Å². The van der Waals surface area contributed by atoms with E-state index in [1.54, 1.807) is 0 Å². The van der Waals surface area contributed by atoms with Gasteiger partial charge in [0.05, 0.1) is 6.04 Å². The first-order valence-corrected chi connectivity index (χ1v) is 4.90. The molecule has 2 N–H and O–H groups in total. The summed E-state index contributed by atoms with van der Waals surface area (Å²) in [5.74, 6) is 1.97. The highest BCUT2D eigenvalue weighted by Crippen LogP contribution is 2.34. The predicted molar refractivity (Wildman–Crippen MR) is 48.1 cm³/mol. The first-order valence-electron chi connectivity index (χ1n) is 4.90. The van der Waals surface area contributed by atoms with Crippen LogP contribution in [0, 0.1) is 0 Å². The van der Waals surface area contributed by atoms with Crippen molar-refractivity contribution in [2.45, 2.75) is 44.6 Å². The quantitative estimate of drug-likeness (QED) is 0.771. The Labute approximate surface area is 77.5 Å². The van der Waals surface area contributed by atoms with Gasteiger partial charge in [-0.2, -0.15) is 4.98 Å². The molecular formula is C9H15N3O. The molecule has 1 atom stereocenters. The summed E-state index contributed by atoms with van der Waals surface area (Å²) in [6.07, 6.45) is 4.52. The lowest BCUT2D eigenvalue weighted by atomic mass is 9.85. The maximum Gasteiger partial charge on any atom is 0.243 e. The van der Waals surface area contributed by atoms with Crippen molar-refractivity contribution < 1.29 is 4.52 Å². The zero-order chi connectivity index (χ0) is 9.26. The number of aromatic nitrogens is 2. The molecule has 1 unspecified atom stereocenters. The van der Waals surface area contributed by atoms with Gasteiger partial charge >= 0.3 is 0 Å². The van der Waals surface area contributed by atoms with Crippen LogP contribution in [0.4, 0.5) is 0 Å². The fraction of sp³-hybridized carbons (Fsp3) is 0.778.